The van der Waals surface area contributed by atoms with Crippen LogP contribution in [0.4, 0.5) is 0 Å². The number of aliphatic hydroxyl groups excluding tert-OH is 2. The summed E-state index contributed by atoms with van der Waals surface area (Å²) in [5, 5.41) is 23.9. The lowest BCUT2D eigenvalue weighted by molar-refractivity contribution is -0.137. The summed E-state index contributed by atoms with van der Waals surface area (Å²) in [6.45, 7) is 4.12. The normalized spacial score (nSPS) is 12.8. The smallest absolute Gasteiger partial charge is 0.249 e. The molecule has 0 fully saturated rings. The molecule has 0 aromatic heterocycles. The van der Waals surface area contributed by atoms with Crippen molar-refractivity contribution in [2.45, 2.75) is 32.8 Å². The molecule has 0 heterocycles. The molecule has 0 aromatic rings. The fourth-order valence-corrected chi connectivity index (χ4v) is 1.37. The van der Waals surface area contributed by atoms with Crippen LogP contribution in [0.2, 0.25) is 0 Å². The van der Waals surface area contributed by atoms with Gasteiger partial charge in [-0.1, -0.05) is 13.8 Å². The first-order valence-electron chi connectivity index (χ1n) is 6.67. The van der Waals surface area contributed by atoms with Gasteiger partial charge < -0.3 is 25.6 Å². The molecule has 7 nitrogen and oxygen atoms in total. The number of rotatable bonds is 10. The maximum atomic E-state index is 11.6. The Balaban J connectivity index is 3.83. The zero-order chi connectivity index (χ0) is 15.6. The average molecular weight is 290 g/mol. The maximum absolute atomic E-state index is 11.6. The summed E-state index contributed by atoms with van der Waals surface area (Å²) in [6.07, 6.45) is -0.430. The van der Waals surface area contributed by atoms with Crippen molar-refractivity contribution in [3.05, 3.63) is 0 Å². The first kappa shape index (κ1) is 18.8. The lowest BCUT2D eigenvalue weighted by Gasteiger charge is -2.27. The van der Waals surface area contributed by atoms with Crippen LogP contribution in [0.3, 0.4) is 0 Å². The standard InChI is InChI=1S/C13H26N2O5/c1-13(2,9-16)11(18)12(19)15-7-5-10(17)14-6-4-8-20-3/h11,16,18H,4-9H2,1-3H3,(H,14,17)(H,15,19)/t11-/m0/s1. The van der Waals surface area contributed by atoms with Gasteiger partial charge in [-0.05, 0) is 6.42 Å². The molecule has 7 heteroatoms. The van der Waals surface area contributed by atoms with Gasteiger partial charge in [-0.2, -0.15) is 0 Å². The summed E-state index contributed by atoms with van der Waals surface area (Å²) in [7, 11) is 1.59. The Bertz CT molecular complexity index is 307. The molecule has 0 aromatic carbocycles. The molecule has 118 valence electrons. The van der Waals surface area contributed by atoms with E-state index >= 15 is 0 Å². The number of carbonyl (C=O) groups excluding carboxylic acids is 2. The molecule has 4 N–H and O–H groups in total. The molecule has 0 radical (unpaired) electrons. The minimum atomic E-state index is -1.31. The summed E-state index contributed by atoms with van der Waals surface area (Å²) >= 11 is 0. The first-order chi connectivity index (χ1) is 9.35. The number of methoxy groups -OCH3 is 1. The van der Waals surface area contributed by atoms with Crippen molar-refractivity contribution in [3.63, 3.8) is 0 Å². The van der Waals surface area contributed by atoms with Gasteiger partial charge in [0.15, 0.2) is 0 Å². The second kappa shape index (κ2) is 9.68. The van der Waals surface area contributed by atoms with E-state index in [2.05, 4.69) is 10.6 Å². The zero-order valence-corrected chi connectivity index (χ0v) is 12.4. The van der Waals surface area contributed by atoms with E-state index in [-0.39, 0.29) is 25.5 Å². The SMILES string of the molecule is COCCCNC(=O)CCNC(=O)[C@H](O)C(C)(C)CO. The average Bonchev–Trinajstić information content (AvgIpc) is 2.42. The van der Waals surface area contributed by atoms with Gasteiger partial charge in [0.2, 0.25) is 11.8 Å². The Morgan fingerprint density at radius 3 is 2.45 bits per heavy atom. The van der Waals surface area contributed by atoms with E-state index in [1.165, 1.54) is 0 Å². The molecule has 2 amide bonds. The van der Waals surface area contributed by atoms with Crippen molar-refractivity contribution in [2.24, 2.45) is 5.41 Å². The number of ether oxygens (including phenoxy) is 1. The van der Waals surface area contributed by atoms with Crippen LogP contribution in [-0.4, -0.2) is 61.5 Å². The second-order valence-electron chi connectivity index (χ2n) is 5.29. The van der Waals surface area contributed by atoms with Gasteiger partial charge in [0.25, 0.3) is 0 Å². The molecule has 0 bridgehead atoms. The van der Waals surface area contributed by atoms with Gasteiger partial charge in [-0.15, -0.1) is 0 Å². The molecule has 0 spiro atoms. The number of nitrogens with one attached hydrogen (secondary N) is 2. The van der Waals surface area contributed by atoms with Crippen LogP contribution in [0, 0.1) is 5.41 Å². The van der Waals surface area contributed by atoms with Gasteiger partial charge in [-0.3, -0.25) is 9.59 Å². The highest BCUT2D eigenvalue weighted by Gasteiger charge is 2.32. The second-order valence-corrected chi connectivity index (χ2v) is 5.29. The quantitative estimate of drug-likeness (QED) is 0.387. The largest absolute Gasteiger partial charge is 0.396 e. The van der Waals surface area contributed by atoms with E-state index in [9.17, 15) is 14.7 Å². The minimum absolute atomic E-state index is 0.144. The Hall–Kier alpha value is -1.18. The first-order valence-corrected chi connectivity index (χ1v) is 6.67. The summed E-state index contributed by atoms with van der Waals surface area (Å²) < 4.78 is 4.85. The molecule has 0 saturated carbocycles. The fourth-order valence-electron chi connectivity index (χ4n) is 1.37. The third-order valence-electron chi connectivity index (χ3n) is 2.89. The monoisotopic (exact) mass is 290 g/mol. The third-order valence-corrected chi connectivity index (χ3v) is 2.89. The fraction of sp³-hybridized carbons (Fsp3) is 0.846. The number of hydrogen-bond acceptors (Lipinski definition) is 5. The molecule has 0 aliphatic rings. The predicted molar refractivity (Wildman–Crippen MR) is 74.0 cm³/mol. The van der Waals surface area contributed by atoms with Gasteiger partial charge in [0.05, 0.1) is 6.61 Å². The molecule has 1 atom stereocenters. The highest BCUT2D eigenvalue weighted by atomic mass is 16.5. The van der Waals surface area contributed by atoms with E-state index in [1.54, 1.807) is 21.0 Å². The van der Waals surface area contributed by atoms with Gasteiger partial charge in [0.1, 0.15) is 6.10 Å². The molecular weight excluding hydrogens is 264 g/mol. The number of amides is 2. The van der Waals surface area contributed by atoms with E-state index in [1.807, 2.05) is 0 Å². The van der Waals surface area contributed by atoms with Crippen molar-refractivity contribution in [1.82, 2.24) is 10.6 Å². The number of aliphatic hydroxyl groups is 2. The molecule has 0 aliphatic heterocycles. The molecule has 0 rings (SSSR count). The van der Waals surface area contributed by atoms with Gasteiger partial charge >= 0.3 is 0 Å². The molecule has 0 aliphatic carbocycles. The zero-order valence-electron chi connectivity index (χ0n) is 12.4. The summed E-state index contributed by atoms with van der Waals surface area (Å²) in [6, 6.07) is 0. The van der Waals surface area contributed by atoms with Crippen molar-refractivity contribution < 1.29 is 24.5 Å². The predicted octanol–water partition coefficient (Wildman–Crippen LogP) is -0.975. The van der Waals surface area contributed by atoms with Crippen LogP contribution in [0.25, 0.3) is 0 Å². The Morgan fingerprint density at radius 1 is 1.25 bits per heavy atom. The highest BCUT2D eigenvalue weighted by molar-refractivity contribution is 5.82. The van der Waals surface area contributed by atoms with Crippen molar-refractivity contribution in [3.8, 4) is 0 Å². The Morgan fingerprint density at radius 2 is 1.90 bits per heavy atom. The number of carbonyl (C=O) groups is 2. The highest BCUT2D eigenvalue weighted by Crippen LogP contribution is 2.19. The minimum Gasteiger partial charge on any atom is -0.396 e. The molecular formula is C13H26N2O5. The topological polar surface area (TPSA) is 108 Å². The van der Waals surface area contributed by atoms with Crippen LogP contribution in [-0.2, 0) is 14.3 Å². The molecule has 20 heavy (non-hydrogen) atoms. The van der Waals surface area contributed by atoms with E-state index in [4.69, 9.17) is 9.84 Å². The van der Waals surface area contributed by atoms with Crippen molar-refractivity contribution in [1.29, 1.82) is 0 Å². The van der Waals surface area contributed by atoms with Crippen LogP contribution < -0.4 is 10.6 Å². The number of hydrogen-bond donors (Lipinski definition) is 4. The van der Waals surface area contributed by atoms with Crippen LogP contribution >= 0.6 is 0 Å². The van der Waals surface area contributed by atoms with E-state index < -0.39 is 17.4 Å². The van der Waals surface area contributed by atoms with Crippen LogP contribution in [0.15, 0.2) is 0 Å². The van der Waals surface area contributed by atoms with Crippen molar-refractivity contribution >= 4 is 11.8 Å². The Kier molecular flexibility index (Phi) is 9.11. The third kappa shape index (κ3) is 7.42. The summed E-state index contributed by atoms with van der Waals surface area (Å²) in [5.41, 5.74) is -0.910. The molecule has 0 saturated heterocycles. The Labute approximate surface area is 119 Å². The lowest BCUT2D eigenvalue weighted by Crippen LogP contribution is -2.46. The molecule has 0 unspecified atom stereocenters. The van der Waals surface area contributed by atoms with Gasteiger partial charge in [0, 0.05) is 38.6 Å². The van der Waals surface area contributed by atoms with Crippen molar-refractivity contribution in [2.75, 3.05) is 33.4 Å². The van der Waals surface area contributed by atoms with E-state index in [0.29, 0.717) is 13.2 Å². The van der Waals surface area contributed by atoms with Gasteiger partial charge in [-0.25, -0.2) is 0 Å². The maximum Gasteiger partial charge on any atom is 0.249 e. The lowest BCUT2D eigenvalue weighted by atomic mass is 9.87. The van der Waals surface area contributed by atoms with E-state index in [0.717, 1.165) is 6.42 Å². The van der Waals surface area contributed by atoms with Crippen LogP contribution in [0.5, 0.6) is 0 Å². The van der Waals surface area contributed by atoms with Crippen LogP contribution in [0.1, 0.15) is 26.7 Å². The summed E-state index contributed by atoms with van der Waals surface area (Å²) in [5.74, 6) is -0.756. The summed E-state index contributed by atoms with van der Waals surface area (Å²) in [4.78, 5) is 23.0.